The zero-order valence-electron chi connectivity index (χ0n) is 29.8. The van der Waals surface area contributed by atoms with Crippen LogP contribution in [-0.4, -0.2) is 105 Å². The van der Waals surface area contributed by atoms with Crippen LogP contribution in [0.5, 0.6) is 5.75 Å². The predicted octanol–water partition coefficient (Wildman–Crippen LogP) is 2.06. The molecule has 284 valence electrons. The zero-order valence-corrected chi connectivity index (χ0v) is 29.8. The molecule has 0 radical (unpaired) electrons. The Morgan fingerprint density at radius 3 is 2.38 bits per heavy atom. The van der Waals surface area contributed by atoms with E-state index in [1.807, 2.05) is 6.92 Å². The average molecular weight is 733 g/mol. The number of unbranched alkanes of at least 4 members (excludes halogenated alkanes) is 1. The number of fused-ring (bicyclic) bond motifs is 3. The van der Waals surface area contributed by atoms with Crippen molar-refractivity contribution in [2.75, 3.05) is 26.0 Å². The molecule has 5 atom stereocenters. The Morgan fingerprint density at radius 1 is 1.15 bits per heavy atom. The van der Waals surface area contributed by atoms with Crippen molar-refractivity contribution in [3.8, 4) is 5.75 Å². The van der Waals surface area contributed by atoms with Crippen LogP contribution in [0.3, 0.4) is 0 Å². The molecule has 0 bridgehead atoms. The molecular formula is C35H45FN4O12. The third kappa shape index (κ3) is 7.46. The van der Waals surface area contributed by atoms with Crippen LogP contribution in [-0.2, 0) is 39.9 Å². The van der Waals surface area contributed by atoms with Gasteiger partial charge in [0.25, 0.3) is 5.91 Å². The topological polar surface area (TPSA) is 255 Å². The molecule has 0 spiro atoms. The molecule has 52 heavy (non-hydrogen) atoms. The second kappa shape index (κ2) is 14.9. The average Bonchev–Trinajstić information content (AvgIpc) is 3.02. The summed E-state index contributed by atoms with van der Waals surface area (Å²) in [5.74, 6) is -11.6. The van der Waals surface area contributed by atoms with Crippen molar-refractivity contribution in [1.82, 2.24) is 10.2 Å². The van der Waals surface area contributed by atoms with Crippen LogP contribution in [0.15, 0.2) is 23.0 Å². The first kappa shape index (κ1) is 39.8. The van der Waals surface area contributed by atoms with E-state index in [4.69, 9.17) is 15.2 Å². The number of ketones is 2. The number of alkyl carbamates (subject to hydrolysis) is 1. The molecule has 0 unspecified atom stereocenters. The van der Waals surface area contributed by atoms with E-state index in [9.17, 15) is 49.2 Å². The number of primary amides is 1. The van der Waals surface area contributed by atoms with E-state index >= 15 is 4.39 Å². The quantitative estimate of drug-likeness (QED) is 0.0745. The lowest BCUT2D eigenvalue weighted by Gasteiger charge is -2.50. The normalized spacial score (nSPS) is 23.4. The number of aliphatic hydroxyl groups excluding tert-OH is 2. The molecule has 3 aliphatic rings. The van der Waals surface area contributed by atoms with Gasteiger partial charge in [-0.25, -0.2) is 14.0 Å². The second-order valence-electron chi connectivity index (χ2n) is 14.4. The van der Waals surface area contributed by atoms with Gasteiger partial charge in [-0.3, -0.25) is 24.1 Å². The highest BCUT2D eigenvalue weighted by atomic mass is 19.1. The number of aromatic hydroxyl groups is 1. The van der Waals surface area contributed by atoms with Crippen molar-refractivity contribution in [2.24, 2.45) is 17.6 Å². The van der Waals surface area contributed by atoms with Gasteiger partial charge < -0.3 is 46.3 Å². The van der Waals surface area contributed by atoms with Gasteiger partial charge in [0.15, 0.2) is 17.1 Å². The Hall–Kier alpha value is -5.03. The number of nitrogens with zero attached hydrogens (tertiary/aromatic N) is 1. The maximum Gasteiger partial charge on any atom is 0.408 e. The monoisotopic (exact) mass is 732 g/mol. The van der Waals surface area contributed by atoms with Gasteiger partial charge in [-0.05, 0) is 66.5 Å². The summed E-state index contributed by atoms with van der Waals surface area (Å²) in [5, 5.41) is 50.0. The van der Waals surface area contributed by atoms with Crippen molar-refractivity contribution in [3.63, 3.8) is 0 Å². The number of esters is 1. The van der Waals surface area contributed by atoms with Crippen molar-refractivity contribution in [2.45, 2.75) is 89.5 Å². The lowest BCUT2D eigenvalue weighted by atomic mass is 9.57. The molecule has 0 aliphatic heterocycles. The van der Waals surface area contributed by atoms with Crippen LogP contribution >= 0.6 is 0 Å². The zero-order chi connectivity index (χ0) is 39.0. The second-order valence-corrected chi connectivity index (χ2v) is 14.4. The number of aliphatic hydroxyl groups is 3. The number of anilines is 1. The van der Waals surface area contributed by atoms with Gasteiger partial charge in [0, 0.05) is 29.5 Å². The molecule has 4 rings (SSSR count). The molecule has 1 aromatic carbocycles. The third-order valence-corrected chi connectivity index (χ3v) is 9.32. The molecule has 1 saturated carbocycles. The minimum absolute atomic E-state index is 0.0767. The number of likely N-dealkylation sites (N-methyl/N-ethyl adjacent to an activating group) is 1. The molecule has 1 aromatic rings. The van der Waals surface area contributed by atoms with Gasteiger partial charge in [-0.1, -0.05) is 13.3 Å². The highest BCUT2D eigenvalue weighted by Crippen LogP contribution is 2.53. The number of phenols is 1. The fourth-order valence-electron chi connectivity index (χ4n) is 6.97. The Bertz CT molecular complexity index is 1760. The number of phenolic OH excluding ortho intramolecular Hbond substituents is 1. The molecule has 8 N–H and O–H groups in total. The van der Waals surface area contributed by atoms with Crippen molar-refractivity contribution >= 4 is 46.9 Å². The van der Waals surface area contributed by atoms with Gasteiger partial charge in [0.05, 0.1) is 23.9 Å². The summed E-state index contributed by atoms with van der Waals surface area (Å²) in [5.41, 5.74) is -1.20. The van der Waals surface area contributed by atoms with Crippen LogP contribution in [0.25, 0.3) is 5.76 Å². The third-order valence-electron chi connectivity index (χ3n) is 9.32. The van der Waals surface area contributed by atoms with Gasteiger partial charge in [0.2, 0.25) is 11.7 Å². The van der Waals surface area contributed by atoms with Crippen LogP contribution < -0.4 is 16.4 Å². The molecule has 3 amide bonds. The largest absolute Gasteiger partial charge is 0.508 e. The lowest BCUT2D eigenvalue weighted by molar-refractivity contribution is -0.153. The highest BCUT2D eigenvalue weighted by molar-refractivity contribution is 6.24. The summed E-state index contributed by atoms with van der Waals surface area (Å²) in [7, 11) is 2.91. The maximum atomic E-state index is 15.7. The number of amides is 3. The number of rotatable bonds is 11. The number of carbonyl (C=O) groups is 6. The molecule has 1 fully saturated rings. The van der Waals surface area contributed by atoms with E-state index < -0.39 is 122 Å². The Balaban J connectivity index is 1.64. The van der Waals surface area contributed by atoms with Crippen molar-refractivity contribution < 1.29 is 63.1 Å². The summed E-state index contributed by atoms with van der Waals surface area (Å²) >= 11 is 0. The maximum absolute atomic E-state index is 15.7. The van der Waals surface area contributed by atoms with Gasteiger partial charge >= 0.3 is 12.1 Å². The summed E-state index contributed by atoms with van der Waals surface area (Å²) in [6, 6.07) is -1.79. The van der Waals surface area contributed by atoms with Crippen LogP contribution in [0.4, 0.5) is 14.9 Å². The van der Waals surface area contributed by atoms with Crippen molar-refractivity contribution in [3.05, 3.63) is 39.9 Å². The van der Waals surface area contributed by atoms with E-state index in [0.29, 0.717) is 6.42 Å². The number of nitrogens with one attached hydrogen (secondary N) is 2. The first-order chi connectivity index (χ1) is 24.1. The molecular weight excluding hydrogens is 687 g/mol. The summed E-state index contributed by atoms with van der Waals surface area (Å²) in [6.07, 6.45) is -0.881. The lowest BCUT2D eigenvalue weighted by Crippen LogP contribution is -2.65. The molecule has 0 saturated heterocycles. The number of Topliss-reactive ketones (excluding diaryl/α,β-unsaturated/α-hetero) is 2. The van der Waals surface area contributed by atoms with Crippen molar-refractivity contribution in [1.29, 1.82) is 0 Å². The number of carbonyl (C=O) groups excluding carboxylic acids is 6. The number of ether oxygens (including phenoxy) is 2. The molecule has 3 aliphatic carbocycles. The number of benzene rings is 1. The minimum Gasteiger partial charge on any atom is -0.508 e. The van der Waals surface area contributed by atoms with E-state index in [2.05, 4.69) is 10.6 Å². The van der Waals surface area contributed by atoms with E-state index in [1.165, 1.54) is 19.0 Å². The summed E-state index contributed by atoms with van der Waals surface area (Å²) in [4.78, 5) is 78.9. The van der Waals surface area contributed by atoms with E-state index in [-0.39, 0.29) is 31.4 Å². The van der Waals surface area contributed by atoms with E-state index in [1.54, 1.807) is 20.8 Å². The number of hydrogen-bond donors (Lipinski definition) is 7. The van der Waals surface area contributed by atoms with Gasteiger partial charge in [0.1, 0.15) is 34.6 Å². The minimum atomic E-state index is -2.88. The number of halogens is 1. The summed E-state index contributed by atoms with van der Waals surface area (Å²) < 4.78 is 26.1. The highest BCUT2D eigenvalue weighted by Gasteiger charge is 2.64. The number of nitrogens with two attached hydrogens (primary N) is 1. The standard InChI is InChI=1S/C35H45FN4O12/c1-7-8-11-51-32(48)19(39-33(49)52-34(2,3)4)9-10-21(41)38-20-14-18(36)16-12-15-13-17-25(40(5)6)28(44)24(31(37)47)30(46)35(17,50)29(45)22(15)27(43)23(16)26(20)42/h14-15,17,19,25,42-43,46,50H,7-13H2,1-6H3,(H2,37,47)(H,38,41)(H,39,49)/t15-,17-,19-,25-,35-/m0/s1. The Kier molecular flexibility index (Phi) is 11.4. The molecule has 16 nitrogen and oxygen atoms in total. The van der Waals surface area contributed by atoms with Gasteiger partial charge in [-0.15, -0.1) is 0 Å². The smallest absolute Gasteiger partial charge is 0.408 e. The molecule has 17 heteroatoms. The Labute approximate surface area is 298 Å². The molecule has 0 heterocycles. The number of hydrogen-bond acceptors (Lipinski definition) is 13. The fraction of sp³-hybridized carbons (Fsp3) is 0.543. The van der Waals surface area contributed by atoms with Crippen LogP contribution in [0.2, 0.25) is 0 Å². The fourth-order valence-corrected chi connectivity index (χ4v) is 6.97. The Morgan fingerprint density at radius 2 is 1.81 bits per heavy atom. The first-order valence-electron chi connectivity index (χ1n) is 16.8. The van der Waals surface area contributed by atoms with Crippen LogP contribution in [0, 0.1) is 17.7 Å². The van der Waals surface area contributed by atoms with Gasteiger partial charge in [-0.2, -0.15) is 0 Å². The SMILES string of the molecule is CCCCOC(=O)[C@H](CCC(=O)Nc1cc(F)c2c(c1O)C(O)=C1C(=O)[C@]3(O)C(O)=C(C(N)=O)C(=O)[C@@H](N(C)C)[C@@H]3C[C@@H]1C2)NC(=O)OC(C)(C)C. The predicted molar refractivity (Wildman–Crippen MR) is 181 cm³/mol. The van der Waals surface area contributed by atoms with Crippen LogP contribution in [0.1, 0.15) is 70.9 Å². The van der Waals surface area contributed by atoms with E-state index in [0.717, 1.165) is 12.5 Å². The summed E-state index contributed by atoms with van der Waals surface area (Å²) in [6.45, 7) is 6.82. The molecule has 0 aromatic heterocycles. The first-order valence-corrected chi connectivity index (χ1v) is 16.8.